The average molecular weight is 653 g/mol. The van der Waals surface area contributed by atoms with E-state index in [0.29, 0.717) is 0 Å². The monoisotopic (exact) mass is 654 g/mol. The molecule has 0 radical (unpaired) electrons. The van der Waals surface area contributed by atoms with E-state index in [1.165, 1.54) is 17.6 Å². The number of halogens is 1. The van der Waals surface area contributed by atoms with Crippen LogP contribution in [0.3, 0.4) is 0 Å². The van der Waals surface area contributed by atoms with E-state index in [2.05, 4.69) is 34.6 Å². The Labute approximate surface area is 213 Å². The molecule has 0 aromatic carbocycles. The fraction of sp³-hybridized carbons (Fsp3) is 0.125. The van der Waals surface area contributed by atoms with Crippen LogP contribution < -0.4 is 4.74 Å². The minimum atomic E-state index is 0.799. The first-order chi connectivity index (χ1) is 16.7. The standard InChI is InChI=1S/2C9H9N3.C6H7NO.ClH.Os/c2*1-12-7-6-11-9(12)8-4-2-3-5-10-8;1-8-6-3-2-4-7-5-6;;/h2*2-7H,1H3;2-5H,1H3;1H;/q;;;;+1/p-1. The van der Waals surface area contributed by atoms with Crippen LogP contribution >= 0.6 is 9.64 Å². The number of ether oxygens (including phenoxy) is 1. The van der Waals surface area contributed by atoms with Gasteiger partial charge in [0.05, 0.1) is 13.3 Å². The molecule has 0 aliphatic heterocycles. The van der Waals surface area contributed by atoms with E-state index in [1.54, 1.807) is 44.3 Å². The number of aryl methyl sites for hydroxylation is 2. The maximum absolute atomic E-state index is 4.85. The summed E-state index contributed by atoms with van der Waals surface area (Å²) in [5.74, 6) is 2.60. The summed E-state index contributed by atoms with van der Waals surface area (Å²) >= 11 is 1.33. The van der Waals surface area contributed by atoms with Crippen LogP contribution in [0.2, 0.25) is 0 Å². The molecular formula is C24H25ClN7OOs. The van der Waals surface area contributed by atoms with Crippen LogP contribution in [-0.2, 0) is 31.7 Å². The maximum atomic E-state index is 4.85. The Hall–Kier alpha value is -3.40. The molecule has 8 nitrogen and oxygen atoms in total. The van der Waals surface area contributed by atoms with Gasteiger partial charge in [-0.2, -0.15) is 0 Å². The quantitative estimate of drug-likeness (QED) is 0.280. The predicted octanol–water partition coefficient (Wildman–Crippen LogP) is 4.74. The molecule has 0 fully saturated rings. The van der Waals surface area contributed by atoms with Crippen LogP contribution in [0.4, 0.5) is 0 Å². The summed E-state index contributed by atoms with van der Waals surface area (Å²) in [6.45, 7) is 0. The molecule has 5 aromatic rings. The van der Waals surface area contributed by atoms with Crippen molar-refractivity contribution in [3.63, 3.8) is 0 Å². The zero-order chi connectivity index (χ0) is 24.6. The first-order valence-electron chi connectivity index (χ1n) is 10.0. The van der Waals surface area contributed by atoms with E-state index in [0.717, 1.165) is 28.8 Å². The van der Waals surface area contributed by atoms with Crippen molar-refractivity contribution < 1.29 is 22.3 Å². The van der Waals surface area contributed by atoms with Crippen molar-refractivity contribution >= 4 is 9.64 Å². The van der Waals surface area contributed by atoms with Crippen molar-refractivity contribution in [2.24, 2.45) is 14.1 Å². The summed E-state index contributed by atoms with van der Waals surface area (Å²) in [5.41, 5.74) is 1.81. The van der Waals surface area contributed by atoms with Gasteiger partial charge < -0.3 is 13.9 Å². The SMILES string of the molecule is COc1cccnc1.Cn1ccnc1-c1ccccn1.Cn1ccnc1-c1ccccn1.[Cl][Os]. The average Bonchev–Trinajstić information content (AvgIpc) is 3.55. The van der Waals surface area contributed by atoms with Gasteiger partial charge in [-0.25, -0.2) is 9.97 Å². The molecule has 0 spiro atoms. The molecule has 5 heterocycles. The third-order valence-electron chi connectivity index (χ3n) is 4.30. The molecule has 0 aliphatic rings. The number of pyridine rings is 3. The fourth-order valence-electron chi connectivity index (χ4n) is 2.68. The number of imidazole rings is 2. The second-order valence-electron chi connectivity index (χ2n) is 6.55. The van der Waals surface area contributed by atoms with Crippen LogP contribution in [0.25, 0.3) is 23.0 Å². The third-order valence-corrected chi connectivity index (χ3v) is 4.30. The van der Waals surface area contributed by atoms with Gasteiger partial charge in [-0.15, -0.1) is 0 Å². The van der Waals surface area contributed by atoms with Gasteiger partial charge in [0.1, 0.15) is 17.1 Å². The van der Waals surface area contributed by atoms with Crippen molar-refractivity contribution in [2.75, 3.05) is 7.11 Å². The third kappa shape index (κ3) is 8.51. The predicted molar refractivity (Wildman–Crippen MR) is 130 cm³/mol. The summed E-state index contributed by atoms with van der Waals surface area (Å²) in [7, 11) is 10.2. The van der Waals surface area contributed by atoms with Gasteiger partial charge in [-0.1, -0.05) is 12.1 Å². The Balaban J connectivity index is 0.000000177. The van der Waals surface area contributed by atoms with Gasteiger partial charge in [-0.05, 0) is 36.4 Å². The molecule has 5 aromatic heterocycles. The molecule has 0 aliphatic carbocycles. The van der Waals surface area contributed by atoms with Crippen molar-refractivity contribution in [1.29, 1.82) is 0 Å². The molecule has 0 amide bonds. The Bertz CT molecular complexity index is 1110. The Morgan fingerprint density at radius 3 is 1.50 bits per heavy atom. The number of hydrogen-bond donors (Lipinski definition) is 0. The van der Waals surface area contributed by atoms with E-state index in [1.807, 2.05) is 84.2 Å². The Kier molecular flexibility index (Phi) is 12.2. The van der Waals surface area contributed by atoms with Gasteiger partial charge in [-0.3, -0.25) is 15.0 Å². The number of hydrogen-bond acceptors (Lipinski definition) is 6. The normalized spacial score (nSPS) is 9.32. The Morgan fingerprint density at radius 1 is 0.676 bits per heavy atom. The van der Waals surface area contributed by atoms with Crippen molar-refractivity contribution in [3.8, 4) is 28.8 Å². The van der Waals surface area contributed by atoms with Crippen LogP contribution in [-0.4, -0.2) is 41.2 Å². The molecule has 34 heavy (non-hydrogen) atoms. The molecule has 5 rings (SSSR count). The topological polar surface area (TPSA) is 83.5 Å². The van der Waals surface area contributed by atoms with E-state index >= 15 is 0 Å². The van der Waals surface area contributed by atoms with Crippen molar-refractivity contribution in [1.82, 2.24) is 34.1 Å². The molecule has 0 N–H and O–H groups in total. The summed E-state index contributed by atoms with van der Waals surface area (Å²) < 4.78 is 8.75. The number of nitrogens with zero attached hydrogens (tertiary/aromatic N) is 7. The van der Waals surface area contributed by atoms with Crippen LogP contribution in [0.1, 0.15) is 0 Å². The molecule has 0 unspecified atom stereocenters. The molecule has 10 heteroatoms. The molecule has 0 atom stereocenters. The zero-order valence-electron chi connectivity index (χ0n) is 19.0. The summed E-state index contributed by atoms with van der Waals surface area (Å²) in [4.78, 5) is 20.6. The number of methoxy groups -OCH3 is 1. The first-order valence-corrected chi connectivity index (χ1v) is 13.2. The number of aromatic nitrogens is 7. The minimum absolute atomic E-state index is 0.799. The summed E-state index contributed by atoms with van der Waals surface area (Å²) in [6.07, 6.45) is 14.3. The van der Waals surface area contributed by atoms with Crippen molar-refractivity contribution in [2.45, 2.75) is 0 Å². The molecule has 177 valence electrons. The van der Waals surface area contributed by atoms with Gasteiger partial charge in [0.15, 0.2) is 11.6 Å². The second-order valence-corrected chi connectivity index (χ2v) is 6.55. The molecule has 0 bridgehead atoms. The number of rotatable bonds is 3. The van der Waals surface area contributed by atoms with E-state index in [4.69, 9.17) is 4.74 Å². The molecular weight excluding hydrogens is 628 g/mol. The Morgan fingerprint density at radius 2 is 1.21 bits per heavy atom. The molecule has 0 saturated carbocycles. The summed E-state index contributed by atoms with van der Waals surface area (Å²) in [5, 5.41) is 0. The van der Waals surface area contributed by atoms with Gasteiger partial charge in [0.2, 0.25) is 0 Å². The molecule has 0 saturated heterocycles. The van der Waals surface area contributed by atoms with E-state index in [-0.39, 0.29) is 0 Å². The van der Waals surface area contributed by atoms with Gasteiger partial charge in [0.25, 0.3) is 0 Å². The summed E-state index contributed by atoms with van der Waals surface area (Å²) in [6, 6.07) is 15.3. The fourth-order valence-corrected chi connectivity index (χ4v) is 2.68. The van der Waals surface area contributed by atoms with E-state index < -0.39 is 0 Å². The van der Waals surface area contributed by atoms with Crippen LogP contribution in [0, 0.1) is 0 Å². The van der Waals surface area contributed by atoms with Crippen LogP contribution in [0.15, 0.2) is 98.1 Å². The van der Waals surface area contributed by atoms with Gasteiger partial charge in [0, 0.05) is 57.5 Å². The van der Waals surface area contributed by atoms with Crippen LogP contribution in [0.5, 0.6) is 5.75 Å². The first kappa shape index (κ1) is 26.8. The van der Waals surface area contributed by atoms with E-state index in [9.17, 15) is 0 Å². The van der Waals surface area contributed by atoms with Gasteiger partial charge >= 0.3 is 27.2 Å². The van der Waals surface area contributed by atoms with Crippen molar-refractivity contribution in [3.05, 3.63) is 98.1 Å². The zero-order valence-corrected chi connectivity index (χ0v) is 22.3. The second kappa shape index (κ2) is 15.4.